The van der Waals surface area contributed by atoms with Gasteiger partial charge in [0.1, 0.15) is 0 Å². The lowest BCUT2D eigenvalue weighted by Gasteiger charge is -2.09. The van der Waals surface area contributed by atoms with Gasteiger partial charge < -0.3 is 5.32 Å². The van der Waals surface area contributed by atoms with Gasteiger partial charge in [-0.3, -0.25) is 0 Å². The van der Waals surface area contributed by atoms with E-state index in [9.17, 15) is 0 Å². The summed E-state index contributed by atoms with van der Waals surface area (Å²) in [5, 5.41) is 17.1. The second-order valence-electron chi connectivity index (χ2n) is 3.50. The molecule has 2 rings (SSSR count). The average Bonchev–Trinajstić information content (AvgIpc) is 2.81. The van der Waals surface area contributed by atoms with Crippen LogP contribution in [0.3, 0.4) is 0 Å². The van der Waals surface area contributed by atoms with Crippen LogP contribution in [0.25, 0.3) is 0 Å². The first-order chi connectivity index (χ1) is 7.75. The second kappa shape index (κ2) is 5.18. The maximum atomic E-state index is 3.93. The molecule has 0 spiro atoms. The molecule has 0 aliphatic rings. The zero-order valence-corrected chi connectivity index (χ0v) is 10.4. The fourth-order valence-corrected chi connectivity index (χ4v) is 1.58. The molecule has 0 bridgehead atoms. The highest BCUT2D eigenvalue weighted by atomic mass is 79.9. The number of hydrogen-bond donors (Lipinski definition) is 2. The van der Waals surface area contributed by atoms with Crippen LogP contribution in [0.1, 0.15) is 24.4 Å². The van der Waals surface area contributed by atoms with Crippen molar-refractivity contribution in [1.82, 2.24) is 25.9 Å². The highest BCUT2D eigenvalue weighted by molar-refractivity contribution is 9.10. The zero-order valence-electron chi connectivity index (χ0n) is 8.81. The van der Waals surface area contributed by atoms with Gasteiger partial charge in [-0.15, -0.1) is 10.2 Å². The summed E-state index contributed by atoms with van der Waals surface area (Å²) in [6.07, 6.45) is 0. The third-order valence-corrected chi connectivity index (χ3v) is 2.80. The Morgan fingerprint density at radius 2 is 2.12 bits per heavy atom. The molecule has 6 heteroatoms. The molecule has 1 aromatic heterocycles. The van der Waals surface area contributed by atoms with Crippen molar-refractivity contribution in [2.75, 3.05) is 0 Å². The molecule has 1 aromatic carbocycles. The molecule has 84 valence electrons. The van der Waals surface area contributed by atoms with Crippen molar-refractivity contribution in [3.05, 3.63) is 40.1 Å². The Kier molecular flexibility index (Phi) is 3.63. The summed E-state index contributed by atoms with van der Waals surface area (Å²) >= 11 is 3.40. The summed E-state index contributed by atoms with van der Waals surface area (Å²) in [7, 11) is 0. The Hall–Kier alpha value is -1.27. The molecule has 1 atom stereocenters. The number of aromatic nitrogens is 4. The first-order valence-electron chi connectivity index (χ1n) is 4.97. The molecule has 0 aliphatic carbocycles. The number of aromatic amines is 1. The maximum Gasteiger partial charge on any atom is 0.191 e. The molecular weight excluding hydrogens is 270 g/mol. The quantitative estimate of drug-likeness (QED) is 0.897. The number of tetrazole rings is 1. The van der Waals surface area contributed by atoms with Gasteiger partial charge in [-0.2, -0.15) is 5.21 Å². The van der Waals surface area contributed by atoms with Crippen LogP contribution in [-0.4, -0.2) is 20.6 Å². The van der Waals surface area contributed by atoms with Gasteiger partial charge in [-0.25, -0.2) is 0 Å². The number of rotatable bonds is 4. The molecule has 1 heterocycles. The molecule has 0 radical (unpaired) electrons. The number of nitrogens with one attached hydrogen (secondary N) is 2. The molecule has 2 aromatic rings. The first-order valence-corrected chi connectivity index (χ1v) is 5.76. The molecule has 1 unspecified atom stereocenters. The monoisotopic (exact) mass is 281 g/mol. The van der Waals surface area contributed by atoms with E-state index in [1.165, 1.54) is 5.56 Å². The molecule has 0 fully saturated rings. The molecule has 0 saturated heterocycles. The summed E-state index contributed by atoms with van der Waals surface area (Å²) in [4.78, 5) is 0. The highest BCUT2D eigenvalue weighted by Crippen LogP contribution is 2.11. The van der Waals surface area contributed by atoms with E-state index in [1.807, 2.05) is 19.1 Å². The largest absolute Gasteiger partial charge is 0.303 e. The van der Waals surface area contributed by atoms with Crippen LogP contribution in [0.5, 0.6) is 0 Å². The number of benzene rings is 1. The van der Waals surface area contributed by atoms with Gasteiger partial charge in [0.2, 0.25) is 0 Å². The SMILES string of the molecule is CC(NCc1ccc(Br)cc1)c1nn[nH]n1. The van der Waals surface area contributed by atoms with E-state index in [0.29, 0.717) is 5.82 Å². The van der Waals surface area contributed by atoms with Crippen LogP contribution in [0.4, 0.5) is 0 Å². The Morgan fingerprint density at radius 1 is 1.38 bits per heavy atom. The molecule has 16 heavy (non-hydrogen) atoms. The fourth-order valence-electron chi connectivity index (χ4n) is 1.32. The fraction of sp³-hybridized carbons (Fsp3) is 0.300. The van der Waals surface area contributed by atoms with E-state index in [0.717, 1.165) is 11.0 Å². The van der Waals surface area contributed by atoms with Crippen LogP contribution in [0, 0.1) is 0 Å². The van der Waals surface area contributed by atoms with Gasteiger partial charge in [-0.05, 0) is 24.6 Å². The molecule has 0 aliphatic heterocycles. The maximum absolute atomic E-state index is 3.93. The summed E-state index contributed by atoms with van der Waals surface area (Å²) < 4.78 is 1.09. The van der Waals surface area contributed by atoms with Crippen LogP contribution in [0.15, 0.2) is 28.7 Å². The predicted octanol–water partition coefficient (Wildman–Crippen LogP) is 1.81. The van der Waals surface area contributed by atoms with E-state index >= 15 is 0 Å². The summed E-state index contributed by atoms with van der Waals surface area (Å²) in [6.45, 7) is 2.78. The lowest BCUT2D eigenvalue weighted by atomic mass is 10.2. The van der Waals surface area contributed by atoms with Crippen molar-refractivity contribution in [2.24, 2.45) is 0 Å². The second-order valence-corrected chi connectivity index (χ2v) is 4.41. The Bertz CT molecular complexity index is 425. The van der Waals surface area contributed by atoms with E-state index < -0.39 is 0 Å². The third-order valence-electron chi connectivity index (χ3n) is 2.27. The van der Waals surface area contributed by atoms with Crippen molar-refractivity contribution in [2.45, 2.75) is 19.5 Å². The van der Waals surface area contributed by atoms with Gasteiger partial charge in [0, 0.05) is 11.0 Å². The van der Waals surface area contributed by atoms with Crippen molar-refractivity contribution in [1.29, 1.82) is 0 Å². The molecular formula is C10H12BrN5. The van der Waals surface area contributed by atoms with Gasteiger partial charge in [0.15, 0.2) is 5.82 Å². The minimum atomic E-state index is 0.0856. The Labute approximate surface area is 102 Å². The normalized spacial score (nSPS) is 12.6. The Morgan fingerprint density at radius 3 is 2.75 bits per heavy atom. The predicted molar refractivity (Wildman–Crippen MR) is 63.6 cm³/mol. The average molecular weight is 282 g/mol. The number of H-pyrrole nitrogens is 1. The van der Waals surface area contributed by atoms with Gasteiger partial charge >= 0.3 is 0 Å². The lowest BCUT2D eigenvalue weighted by Crippen LogP contribution is -2.19. The van der Waals surface area contributed by atoms with Crippen molar-refractivity contribution in [3.63, 3.8) is 0 Å². The Balaban J connectivity index is 1.90. The third kappa shape index (κ3) is 2.86. The lowest BCUT2D eigenvalue weighted by molar-refractivity contribution is 0.547. The standard InChI is InChI=1S/C10H12BrN5/c1-7(10-13-15-16-14-10)12-6-8-2-4-9(11)5-3-8/h2-5,7,12H,6H2,1H3,(H,13,14,15,16). The van der Waals surface area contributed by atoms with Crippen LogP contribution >= 0.6 is 15.9 Å². The number of halogens is 1. The highest BCUT2D eigenvalue weighted by Gasteiger charge is 2.08. The molecule has 0 amide bonds. The van der Waals surface area contributed by atoms with Crippen molar-refractivity contribution in [3.8, 4) is 0 Å². The van der Waals surface area contributed by atoms with Gasteiger partial charge in [0.25, 0.3) is 0 Å². The smallest absolute Gasteiger partial charge is 0.191 e. The van der Waals surface area contributed by atoms with Gasteiger partial charge in [-0.1, -0.05) is 33.3 Å². The van der Waals surface area contributed by atoms with Crippen LogP contribution < -0.4 is 5.32 Å². The van der Waals surface area contributed by atoms with E-state index in [-0.39, 0.29) is 6.04 Å². The molecule has 0 saturated carbocycles. The topological polar surface area (TPSA) is 66.5 Å². The van der Waals surface area contributed by atoms with E-state index in [1.54, 1.807) is 0 Å². The summed E-state index contributed by atoms with van der Waals surface area (Å²) in [5.74, 6) is 0.678. The van der Waals surface area contributed by atoms with Crippen LogP contribution in [0.2, 0.25) is 0 Å². The minimum absolute atomic E-state index is 0.0856. The first kappa shape index (κ1) is 11.2. The van der Waals surface area contributed by atoms with Gasteiger partial charge in [0.05, 0.1) is 6.04 Å². The zero-order chi connectivity index (χ0) is 11.4. The molecule has 5 nitrogen and oxygen atoms in total. The summed E-state index contributed by atoms with van der Waals surface area (Å²) in [5.41, 5.74) is 1.22. The summed E-state index contributed by atoms with van der Waals surface area (Å²) in [6, 6.07) is 8.27. The van der Waals surface area contributed by atoms with E-state index in [2.05, 4.69) is 54.0 Å². The number of nitrogens with zero attached hydrogens (tertiary/aromatic N) is 3. The molecule has 2 N–H and O–H groups in total. The minimum Gasteiger partial charge on any atom is -0.303 e. The van der Waals surface area contributed by atoms with Crippen molar-refractivity contribution < 1.29 is 0 Å². The van der Waals surface area contributed by atoms with E-state index in [4.69, 9.17) is 0 Å². The van der Waals surface area contributed by atoms with Crippen molar-refractivity contribution >= 4 is 15.9 Å². The number of hydrogen-bond acceptors (Lipinski definition) is 4. The van der Waals surface area contributed by atoms with Crippen LogP contribution in [-0.2, 0) is 6.54 Å².